The Balaban J connectivity index is 2.27. The quantitative estimate of drug-likeness (QED) is 0.756. The number of rotatable bonds is 7. The zero-order valence-electron chi connectivity index (χ0n) is 10.0. The number of hydrogen-bond acceptors (Lipinski definition) is 2. The largest absolute Gasteiger partial charge is 0.310 e. The molecule has 0 fully saturated rings. The van der Waals surface area contributed by atoms with E-state index in [1.807, 2.05) is 11.8 Å². The van der Waals surface area contributed by atoms with Gasteiger partial charge in [0, 0.05) is 10.5 Å². The topological polar surface area (TPSA) is 12.0 Å². The molecular formula is C13H20BrNS. The summed E-state index contributed by atoms with van der Waals surface area (Å²) >= 11 is 5.51. The first-order chi connectivity index (χ1) is 7.74. The monoisotopic (exact) mass is 301 g/mol. The van der Waals surface area contributed by atoms with Crippen molar-refractivity contribution in [3.63, 3.8) is 0 Å². The molecule has 0 aliphatic heterocycles. The van der Waals surface area contributed by atoms with Crippen LogP contribution in [0.5, 0.6) is 0 Å². The van der Waals surface area contributed by atoms with E-state index in [0.717, 1.165) is 11.0 Å². The van der Waals surface area contributed by atoms with Crippen molar-refractivity contribution in [1.82, 2.24) is 5.32 Å². The van der Waals surface area contributed by atoms with Gasteiger partial charge in [0.05, 0.1) is 0 Å². The maximum atomic E-state index is 3.55. The Kier molecular flexibility index (Phi) is 7.17. The van der Waals surface area contributed by atoms with Gasteiger partial charge >= 0.3 is 0 Å². The lowest BCUT2D eigenvalue weighted by molar-refractivity contribution is 0.572. The molecule has 0 aliphatic rings. The van der Waals surface area contributed by atoms with Crippen molar-refractivity contribution in [3.05, 3.63) is 34.3 Å². The zero-order chi connectivity index (χ0) is 11.8. The fraction of sp³-hybridized carbons (Fsp3) is 0.538. The van der Waals surface area contributed by atoms with Gasteiger partial charge in [0.25, 0.3) is 0 Å². The number of nitrogens with one attached hydrogen (secondary N) is 1. The standard InChI is InChI=1S/C13H20BrNS/c1-3-16-9-5-8-15-11(2)12-6-4-7-13(14)10-12/h4,6-7,10-11,15H,3,5,8-9H2,1-2H3. The molecule has 0 aliphatic carbocycles. The van der Waals surface area contributed by atoms with Crippen LogP contribution >= 0.6 is 27.7 Å². The number of halogens is 1. The predicted molar refractivity (Wildman–Crippen MR) is 78.2 cm³/mol. The van der Waals surface area contributed by atoms with E-state index in [1.54, 1.807) is 0 Å². The smallest absolute Gasteiger partial charge is 0.0292 e. The highest BCUT2D eigenvalue weighted by atomic mass is 79.9. The highest BCUT2D eigenvalue weighted by molar-refractivity contribution is 9.10. The van der Waals surface area contributed by atoms with Gasteiger partial charge in [0.2, 0.25) is 0 Å². The van der Waals surface area contributed by atoms with Crippen molar-refractivity contribution in [2.45, 2.75) is 26.3 Å². The van der Waals surface area contributed by atoms with Gasteiger partial charge in [-0.25, -0.2) is 0 Å². The van der Waals surface area contributed by atoms with Gasteiger partial charge in [-0.1, -0.05) is 35.0 Å². The summed E-state index contributed by atoms with van der Waals surface area (Å²) in [7, 11) is 0. The molecule has 0 spiro atoms. The highest BCUT2D eigenvalue weighted by Gasteiger charge is 2.03. The van der Waals surface area contributed by atoms with Crippen molar-refractivity contribution in [2.75, 3.05) is 18.1 Å². The van der Waals surface area contributed by atoms with Gasteiger partial charge in [-0.3, -0.25) is 0 Å². The molecule has 0 saturated heterocycles. The third-order valence-electron chi connectivity index (χ3n) is 2.47. The fourth-order valence-electron chi connectivity index (χ4n) is 1.53. The molecule has 0 saturated carbocycles. The molecule has 1 N–H and O–H groups in total. The molecule has 1 atom stereocenters. The lowest BCUT2D eigenvalue weighted by Gasteiger charge is -2.14. The van der Waals surface area contributed by atoms with Crippen LogP contribution in [0.2, 0.25) is 0 Å². The summed E-state index contributed by atoms with van der Waals surface area (Å²) in [6, 6.07) is 8.93. The molecule has 16 heavy (non-hydrogen) atoms. The van der Waals surface area contributed by atoms with E-state index in [2.05, 4.69) is 59.4 Å². The number of benzene rings is 1. The molecular weight excluding hydrogens is 282 g/mol. The summed E-state index contributed by atoms with van der Waals surface area (Å²) in [5, 5.41) is 3.55. The van der Waals surface area contributed by atoms with Gasteiger partial charge in [-0.2, -0.15) is 11.8 Å². The minimum atomic E-state index is 0.434. The van der Waals surface area contributed by atoms with Crippen LogP contribution in [-0.2, 0) is 0 Å². The van der Waals surface area contributed by atoms with Crippen molar-refractivity contribution >= 4 is 27.7 Å². The Bertz CT molecular complexity index is 304. The molecule has 1 aromatic rings. The molecule has 0 bridgehead atoms. The molecule has 0 heterocycles. The van der Waals surface area contributed by atoms with Crippen LogP contribution in [0.4, 0.5) is 0 Å². The first-order valence-electron chi connectivity index (χ1n) is 5.80. The summed E-state index contributed by atoms with van der Waals surface area (Å²) in [6.45, 7) is 5.53. The predicted octanol–water partition coefficient (Wildman–Crippen LogP) is 4.24. The second-order valence-electron chi connectivity index (χ2n) is 3.78. The summed E-state index contributed by atoms with van der Waals surface area (Å²) in [5.41, 5.74) is 1.34. The van der Waals surface area contributed by atoms with E-state index in [4.69, 9.17) is 0 Å². The fourth-order valence-corrected chi connectivity index (χ4v) is 2.59. The van der Waals surface area contributed by atoms with Crippen molar-refractivity contribution in [3.8, 4) is 0 Å². The van der Waals surface area contributed by atoms with Crippen LogP contribution in [0.1, 0.15) is 31.9 Å². The molecule has 0 radical (unpaired) electrons. The first-order valence-corrected chi connectivity index (χ1v) is 7.75. The van der Waals surface area contributed by atoms with Crippen LogP contribution in [0.3, 0.4) is 0 Å². The maximum absolute atomic E-state index is 3.55. The molecule has 1 aromatic carbocycles. The molecule has 0 amide bonds. The van der Waals surface area contributed by atoms with Crippen LogP contribution < -0.4 is 5.32 Å². The molecule has 1 unspecified atom stereocenters. The summed E-state index contributed by atoms with van der Waals surface area (Å²) in [6.07, 6.45) is 1.25. The Labute approximate surface area is 112 Å². The minimum absolute atomic E-state index is 0.434. The molecule has 1 rings (SSSR count). The van der Waals surface area contributed by atoms with E-state index in [1.165, 1.54) is 23.5 Å². The summed E-state index contributed by atoms with van der Waals surface area (Å²) in [5.74, 6) is 2.48. The van der Waals surface area contributed by atoms with Crippen LogP contribution in [0.25, 0.3) is 0 Å². The van der Waals surface area contributed by atoms with Gasteiger partial charge in [-0.05, 0) is 49.1 Å². The second kappa shape index (κ2) is 8.15. The van der Waals surface area contributed by atoms with Crippen molar-refractivity contribution in [1.29, 1.82) is 0 Å². The Morgan fingerprint density at radius 3 is 2.94 bits per heavy atom. The van der Waals surface area contributed by atoms with Crippen LogP contribution in [-0.4, -0.2) is 18.1 Å². The SMILES string of the molecule is CCSCCCNC(C)c1cccc(Br)c1. The van der Waals surface area contributed by atoms with Gasteiger partial charge in [0.15, 0.2) is 0 Å². The van der Waals surface area contributed by atoms with Crippen molar-refractivity contribution < 1.29 is 0 Å². The Morgan fingerprint density at radius 1 is 1.44 bits per heavy atom. The van der Waals surface area contributed by atoms with Gasteiger partial charge < -0.3 is 5.32 Å². The molecule has 1 nitrogen and oxygen atoms in total. The van der Waals surface area contributed by atoms with E-state index in [9.17, 15) is 0 Å². The summed E-state index contributed by atoms with van der Waals surface area (Å²) in [4.78, 5) is 0. The highest BCUT2D eigenvalue weighted by Crippen LogP contribution is 2.17. The minimum Gasteiger partial charge on any atom is -0.310 e. The average Bonchev–Trinajstić information content (AvgIpc) is 2.28. The van der Waals surface area contributed by atoms with Crippen LogP contribution in [0.15, 0.2) is 28.7 Å². The molecule has 90 valence electrons. The number of thioether (sulfide) groups is 1. The normalized spacial score (nSPS) is 12.7. The Hall–Kier alpha value is 0.01000. The van der Waals surface area contributed by atoms with Gasteiger partial charge in [0.1, 0.15) is 0 Å². The molecule has 0 aromatic heterocycles. The number of hydrogen-bond donors (Lipinski definition) is 1. The average molecular weight is 302 g/mol. The lowest BCUT2D eigenvalue weighted by atomic mass is 10.1. The van der Waals surface area contributed by atoms with Crippen molar-refractivity contribution in [2.24, 2.45) is 0 Å². The third-order valence-corrected chi connectivity index (χ3v) is 3.95. The first kappa shape index (κ1) is 14.1. The zero-order valence-corrected chi connectivity index (χ0v) is 12.4. The van der Waals surface area contributed by atoms with Crippen LogP contribution in [0, 0.1) is 0 Å². The van der Waals surface area contributed by atoms with Gasteiger partial charge in [-0.15, -0.1) is 0 Å². The van der Waals surface area contributed by atoms with E-state index in [-0.39, 0.29) is 0 Å². The third kappa shape index (κ3) is 5.37. The van der Waals surface area contributed by atoms with E-state index in [0.29, 0.717) is 6.04 Å². The summed E-state index contributed by atoms with van der Waals surface area (Å²) < 4.78 is 1.15. The maximum Gasteiger partial charge on any atom is 0.0292 e. The van der Waals surface area contributed by atoms with E-state index >= 15 is 0 Å². The van der Waals surface area contributed by atoms with E-state index < -0.39 is 0 Å². The lowest BCUT2D eigenvalue weighted by Crippen LogP contribution is -2.20. The second-order valence-corrected chi connectivity index (χ2v) is 6.09. The molecule has 3 heteroatoms. The Morgan fingerprint density at radius 2 is 2.25 bits per heavy atom.